The molecule has 1 amide bonds. The van der Waals surface area contributed by atoms with Crippen molar-refractivity contribution < 1.29 is 4.79 Å². The zero-order chi connectivity index (χ0) is 20.1. The molecule has 1 aliphatic rings. The van der Waals surface area contributed by atoms with Crippen molar-refractivity contribution >= 4 is 50.8 Å². The second kappa shape index (κ2) is 9.94. The fourth-order valence-corrected chi connectivity index (χ4v) is 5.97. The van der Waals surface area contributed by atoms with Crippen molar-refractivity contribution in [1.29, 1.82) is 0 Å². The summed E-state index contributed by atoms with van der Waals surface area (Å²) in [6.45, 7) is 3.87. The maximum absolute atomic E-state index is 13.1. The van der Waals surface area contributed by atoms with Gasteiger partial charge in [0.1, 0.15) is 5.25 Å². The van der Waals surface area contributed by atoms with Crippen molar-refractivity contribution in [3.63, 3.8) is 0 Å². The SMILES string of the molecule is O=C(NCCN1CCCCC1)C(Sc1nc2cc(Cl)ccc2s1)c1ccccc1. The standard InChI is InChI=1S/C22H24ClN3OS2/c23-17-9-10-19-18(15-17)25-22(28-19)29-20(16-7-3-1-4-8-16)21(27)24-11-14-26-12-5-2-6-13-26/h1,3-4,7-10,15,20H,2,5-6,11-14H2,(H,24,27). The van der Waals surface area contributed by atoms with Crippen molar-refractivity contribution in [3.05, 3.63) is 59.1 Å². The maximum Gasteiger partial charge on any atom is 0.238 e. The van der Waals surface area contributed by atoms with E-state index in [2.05, 4.69) is 15.2 Å². The van der Waals surface area contributed by atoms with Gasteiger partial charge >= 0.3 is 0 Å². The van der Waals surface area contributed by atoms with Crippen LogP contribution in [0.3, 0.4) is 0 Å². The van der Waals surface area contributed by atoms with Crippen LogP contribution in [0.4, 0.5) is 0 Å². The fourth-order valence-electron chi connectivity index (χ4n) is 3.54. The third-order valence-corrected chi connectivity index (χ3v) is 7.68. The van der Waals surface area contributed by atoms with Crippen LogP contribution in [0.15, 0.2) is 52.9 Å². The number of nitrogens with one attached hydrogen (secondary N) is 1. The normalized spacial score (nSPS) is 16.0. The molecule has 3 aromatic rings. The Morgan fingerprint density at radius 3 is 2.76 bits per heavy atom. The predicted molar refractivity (Wildman–Crippen MR) is 123 cm³/mol. The van der Waals surface area contributed by atoms with Gasteiger partial charge < -0.3 is 10.2 Å². The number of likely N-dealkylation sites (tertiary alicyclic amines) is 1. The summed E-state index contributed by atoms with van der Waals surface area (Å²) >= 11 is 9.20. The Balaban J connectivity index is 1.46. The molecule has 0 radical (unpaired) electrons. The first-order valence-corrected chi connectivity index (χ1v) is 12.0. The molecule has 0 bridgehead atoms. The van der Waals surface area contributed by atoms with E-state index in [1.807, 2.05) is 48.5 Å². The number of thioether (sulfide) groups is 1. The summed E-state index contributed by atoms with van der Waals surface area (Å²) in [6, 6.07) is 15.7. The molecule has 2 heterocycles. The van der Waals surface area contributed by atoms with E-state index in [9.17, 15) is 4.79 Å². The summed E-state index contributed by atoms with van der Waals surface area (Å²) in [6.07, 6.45) is 3.85. The van der Waals surface area contributed by atoms with E-state index < -0.39 is 0 Å². The average Bonchev–Trinajstić information content (AvgIpc) is 3.15. The lowest BCUT2D eigenvalue weighted by Crippen LogP contribution is -2.38. The molecule has 2 aromatic carbocycles. The lowest BCUT2D eigenvalue weighted by molar-refractivity contribution is -0.120. The van der Waals surface area contributed by atoms with Crippen LogP contribution in [0.25, 0.3) is 10.2 Å². The molecule has 152 valence electrons. The highest BCUT2D eigenvalue weighted by atomic mass is 35.5. The number of hydrogen-bond acceptors (Lipinski definition) is 5. The highest BCUT2D eigenvalue weighted by Gasteiger charge is 2.24. The first-order valence-electron chi connectivity index (χ1n) is 9.97. The van der Waals surface area contributed by atoms with Crippen LogP contribution in [-0.2, 0) is 4.79 Å². The Kier molecular flexibility index (Phi) is 7.08. The third kappa shape index (κ3) is 5.51. The van der Waals surface area contributed by atoms with E-state index in [0.717, 1.165) is 39.8 Å². The summed E-state index contributed by atoms with van der Waals surface area (Å²) in [4.78, 5) is 20.2. The number of benzene rings is 2. The number of nitrogens with zero attached hydrogens (tertiary/aromatic N) is 2. The summed E-state index contributed by atoms with van der Waals surface area (Å²) in [5.41, 5.74) is 1.87. The van der Waals surface area contributed by atoms with Gasteiger partial charge in [-0.25, -0.2) is 4.98 Å². The molecule has 0 spiro atoms. The molecule has 1 fully saturated rings. The van der Waals surface area contributed by atoms with E-state index in [1.165, 1.54) is 31.0 Å². The van der Waals surface area contributed by atoms with E-state index in [0.29, 0.717) is 11.6 Å². The lowest BCUT2D eigenvalue weighted by atomic mass is 10.1. The Bertz CT molecular complexity index is 957. The first-order chi connectivity index (χ1) is 14.2. The second-order valence-corrected chi connectivity index (χ2v) is 10.0. The number of amides is 1. The molecular weight excluding hydrogens is 422 g/mol. The van der Waals surface area contributed by atoms with Gasteiger partial charge in [0.25, 0.3) is 0 Å². The van der Waals surface area contributed by atoms with Gasteiger partial charge in [0.2, 0.25) is 5.91 Å². The molecule has 1 saturated heterocycles. The molecular formula is C22H24ClN3OS2. The molecule has 1 atom stereocenters. The van der Waals surface area contributed by atoms with Crippen LogP contribution in [0, 0.1) is 0 Å². The highest BCUT2D eigenvalue weighted by Crippen LogP contribution is 2.39. The minimum Gasteiger partial charge on any atom is -0.354 e. The molecule has 0 aliphatic carbocycles. The van der Waals surface area contributed by atoms with Gasteiger partial charge in [-0.15, -0.1) is 11.3 Å². The maximum atomic E-state index is 13.1. The van der Waals surface area contributed by atoms with Crippen molar-refractivity contribution in [2.24, 2.45) is 0 Å². The number of rotatable bonds is 7. The zero-order valence-electron chi connectivity index (χ0n) is 16.1. The number of hydrogen-bond donors (Lipinski definition) is 1. The summed E-state index contributed by atoms with van der Waals surface area (Å²) in [7, 11) is 0. The van der Waals surface area contributed by atoms with E-state index in [-0.39, 0.29) is 11.2 Å². The lowest BCUT2D eigenvalue weighted by Gasteiger charge is -2.26. The van der Waals surface area contributed by atoms with Crippen LogP contribution in [0.2, 0.25) is 5.02 Å². The van der Waals surface area contributed by atoms with Gasteiger partial charge in [0.05, 0.1) is 10.2 Å². The molecule has 4 rings (SSSR count). The van der Waals surface area contributed by atoms with Crippen molar-refractivity contribution in [1.82, 2.24) is 15.2 Å². The van der Waals surface area contributed by atoms with Gasteiger partial charge in [-0.3, -0.25) is 4.79 Å². The van der Waals surface area contributed by atoms with Crippen molar-refractivity contribution in [2.45, 2.75) is 28.9 Å². The molecule has 1 aliphatic heterocycles. The van der Waals surface area contributed by atoms with Crippen molar-refractivity contribution in [3.8, 4) is 0 Å². The average molecular weight is 446 g/mol. The Morgan fingerprint density at radius 2 is 1.97 bits per heavy atom. The van der Waals surface area contributed by atoms with Crippen LogP contribution >= 0.6 is 34.7 Å². The van der Waals surface area contributed by atoms with Crippen LogP contribution < -0.4 is 5.32 Å². The molecule has 4 nitrogen and oxygen atoms in total. The smallest absolute Gasteiger partial charge is 0.238 e. The van der Waals surface area contributed by atoms with Gasteiger partial charge in [-0.05, 0) is 49.7 Å². The number of piperidine rings is 1. The number of halogens is 1. The number of aromatic nitrogens is 1. The summed E-state index contributed by atoms with van der Waals surface area (Å²) in [5.74, 6) is 0.0375. The number of thiazole rings is 1. The van der Waals surface area contributed by atoms with Gasteiger partial charge in [-0.1, -0.05) is 60.1 Å². The monoisotopic (exact) mass is 445 g/mol. The Hall–Kier alpha value is -1.60. The molecule has 1 unspecified atom stereocenters. The molecule has 1 N–H and O–H groups in total. The Labute approximate surface area is 184 Å². The van der Waals surface area contributed by atoms with Crippen LogP contribution in [0.1, 0.15) is 30.1 Å². The zero-order valence-corrected chi connectivity index (χ0v) is 18.5. The van der Waals surface area contributed by atoms with Crippen LogP contribution in [0.5, 0.6) is 0 Å². The molecule has 29 heavy (non-hydrogen) atoms. The fraction of sp³-hybridized carbons (Fsp3) is 0.364. The third-order valence-electron chi connectivity index (χ3n) is 5.07. The van der Waals surface area contributed by atoms with Gasteiger partial charge in [-0.2, -0.15) is 0 Å². The topological polar surface area (TPSA) is 45.2 Å². The second-order valence-electron chi connectivity index (χ2n) is 7.19. The summed E-state index contributed by atoms with van der Waals surface area (Å²) < 4.78 is 1.96. The number of carbonyl (C=O) groups excluding carboxylic acids is 1. The molecule has 1 aromatic heterocycles. The predicted octanol–water partition coefficient (Wildman–Crippen LogP) is 5.39. The highest BCUT2D eigenvalue weighted by molar-refractivity contribution is 8.02. The van der Waals surface area contributed by atoms with E-state index in [4.69, 9.17) is 11.6 Å². The molecule has 0 saturated carbocycles. The largest absolute Gasteiger partial charge is 0.354 e. The number of fused-ring (bicyclic) bond motifs is 1. The molecule has 7 heteroatoms. The first kappa shape index (κ1) is 20.7. The van der Waals surface area contributed by atoms with Gasteiger partial charge in [0.15, 0.2) is 4.34 Å². The minimum absolute atomic E-state index is 0.0375. The summed E-state index contributed by atoms with van der Waals surface area (Å²) in [5, 5.41) is 3.50. The van der Waals surface area contributed by atoms with E-state index in [1.54, 1.807) is 11.3 Å². The quantitative estimate of drug-likeness (QED) is 0.495. The van der Waals surface area contributed by atoms with Gasteiger partial charge in [0, 0.05) is 18.1 Å². The van der Waals surface area contributed by atoms with Crippen LogP contribution in [-0.4, -0.2) is 42.0 Å². The number of carbonyl (C=O) groups is 1. The van der Waals surface area contributed by atoms with Crippen molar-refractivity contribution in [2.75, 3.05) is 26.2 Å². The Morgan fingerprint density at radius 1 is 1.17 bits per heavy atom. The minimum atomic E-state index is -0.325. The van der Waals surface area contributed by atoms with E-state index >= 15 is 0 Å².